The molecule has 4 nitrogen and oxygen atoms in total. The van der Waals surface area contributed by atoms with Crippen molar-refractivity contribution >= 4 is 34.1 Å². The number of carbonyl (C=O) groups excluding carboxylic acids is 1. The average molecular weight is 336 g/mol. The van der Waals surface area contributed by atoms with E-state index in [4.69, 9.17) is 16.9 Å². The molecule has 5 heteroatoms. The number of benzene rings is 2. The molecule has 0 aliphatic carbocycles. The first-order valence-corrected chi connectivity index (χ1v) is 7.75. The van der Waals surface area contributed by atoms with Crippen LogP contribution in [-0.2, 0) is 0 Å². The van der Waals surface area contributed by atoms with Crippen LogP contribution in [0.1, 0.15) is 27.0 Å². The van der Waals surface area contributed by atoms with E-state index in [1.165, 1.54) is 0 Å². The molecule has 3 rings (SSSR count). The number of amides is 1. The highest BCUT2D eigenvalue weighted by molar-refractivity contribution is 6.33. The first kappa shape index (κ1) is 16.0. The molecule has 118 valence electrons. The maximum atomic E-state index is 12.5. The zero-order valence-corrected chi connectivity index (χ0v) is 14.0. The van der Waals surface area contributed by atoms with E-state index in [9.17, 15) is 4.79 Å². The van der Waals surface area contributed by atoms with Crippen LogP contribution in [0.3, 0.4) is 0 Å². The number of aromatic nitrogens is 1. The quantitative estimate of drug-likeness (QED) is 0.694. The Labute approximate surface area is 144 Å². The van der Waals surface area contributed by atoms with Gasteiger partial charge in [-0.25, -0.2) is 4.98 Å². The molecule has 1 heterocycles. The number of carbonyl (C=O) groups is 1. The molecule has 1 amide bonds. The number of anilines is 1. The number of halogens is 1. The highest BCUT2D eigenvalue weighted by atomic mass is 35.5. The molecule has 24 heavy (non-hydrogen) atoms. The van der Waals surface area contributed by atoms with Crippen LogP contribution in [0, 0.1) is 25.2 Å². The highest BCUT2D eigenvalue weighted by Gasteiger charge is 2.14. The van der Waals surface area contributed by atoms with Gasteiger partial charge in [0.15, 0.2) is 0 Å². The molecule has 0 atom stereocenters. The fourth-order valence-corrected chi connectivity index (χ4v) is 2.88. The van der Waals surface area contributed by atoms with Gasteiger partial charge in [0.2, 0.25) is 0 Å². The lowest BCUT2D eigenvalue weighted by atomic mass is 10.1. The Balaban J connectivity index is 2.00. The minimum absolute atomic E-state index is 0.156. The smallest absolute Gasteiger partial charge is 0.258 e. The van der Waals surface area contributed by atoms with Gasteiger partial charge in [-0.05, 0) is 49.7 Å². The van der Waals surface area contributed by atoms with Crippen molar-refractivity contribution in [1.29, 1.82) is 5.26 Å². The molecule has 0 unspecified atom stereocenters. The van der Waals surface area contributed by atoms with Gasteiger partial charge in [0.05, 0.1) is 22.7 Å². The number of hydrogen-bond donors (Lipinski definition) is 1. The summed E-state index contributed by atoms with van der Waals surface area (Å²) < 4.78 is 0. The molecule has 0 saturated carbocycles. The summed E-state index contributed by atoms with van der Waals surface area (Å²) in [7, 11) is 0. The third-order valence-electron chi connectivity index (χ3n) is 3.70. The Morgan fingerprint density at radius 1 is 1.21 bits per heavy atom. The Kier molecular flexibility index (Phi) is 4.20. The summed E-state index contributed by atoms with van der Waals surface area (Å²) in [5, 5.41) is 12.7. The fourth-order valence-electron chi connectivity index (χ4n) is 2.65. The van der Waals surface area contributed by atoms with Gasteiger partial charge in [-0.2, -0.15) is 5.26 Å². The largest absolute Gasteiger partial charge is 0.322 e. The van der Waals surface area contributed by atoms with E-state index in [1.54, 1.807) is 30.3 Å². The van der Waals surface area contributed by atoms with Gasteiger partial charge in [0.25, 0.3) is 5.91 Å². The van der Waals surface area contributed by atoms with E-state index in [-0.39, 0.29) is 11.1 Å². The normalized spacial score (nSPS) is 10.4. The number of fused-ring (bicyclic) bond motifs is 1. The van der Waals surface area contributed by atoms with Crippen LogP contribution >= 0.6 is 11.6 Å². The Morgan fingerprint density at radius 3 is 2.75 bits per heavy atom. The number of nitrogens with one attached hydrogen (secondary N) is 1. The van der Waals surface area contributed by atoms with Gasteiger partial charge < -0.3 is 5.32 Å². The zero-order chi connectivity index (χ0) is 17.3. The third-order valence-corrected chi connectivity index (χ3v) is 3.99. The van der Waals surface area contributed by atoms with E-state index in [0.717, 1.165) is 22.0 Å². The third kappa shape index (κ3) is 3.08. The average Bonchev–Trinajstić information content (AvgIpc) is 2.55. The summed E-state index contributed by atoms with van der Waals surface area (Å²) in [6.45, 7) is 3.96. The summed E-state index contributed by atoms with van der Waals surface area (Å²) in [5.74, 6) is -0.358. The van der Waals surface area contributed by atoms with Gasteiger partial charge >= 0.3 is 0 Å². The molecule has 1 N–H and O–H groups in total. The van der Waals surface area contributed by atoms with Gasteiger partial charge in [-0.15, -0.1) is 0 Å². The number of aryl methyl sites for hydroxylation is 2. The van der Waals surface area contributed by atoms with Gasteiger partial charge in [-0.3, -0.25) is 4.79 Å². The molecule has 3 aromatic rings. The predicted octanol–water partition coefficient (Wildman–Crippen LogP) is 4.63. The lowest BCUT2D eigenvalue weighted by Gasteiger charge is -2.10. The Bertz CT molecular complexity index is 1010. The summed E-state index contributed by atoms with van der Waals surface area (Å²) in [6, 6.07) is 14.5. The highest BCUT2D eigenvalue weighted by Crippen LogP contribution is 2.25. The van der Waals surface area contributed by atoms with Crippen molar-refractivity contribution in [1.82, 2.24) is 4.98 Å². The maximum Gasteiger partial charge on any atom is 0.258 e. The van der Waals surface area contributed by atoms with E-state index >= 15 is 0 Å². The van der Waals surface area contributed by atoms with Crippen LogP contribution in [0.2, 0.25) is 5.15 Å². The summed E-state index contributed by atoms with van der Waals surface area (Å²) >= 11 is 6.21. The second-order valence-corrected chi connectivity index (χ2v) is 5.99. The molecule has 0 spiro atoms. The Hall–Kier alpha value is -2.90. The standard InChI is InChI=1S/C19H14ClN3O/c1-11-6-12(2)17-14(7-11)9-16(18(20)23-17)19(24)22-15-5-3-4-13(8-15)10-21/h3-9H,1-2H3,(H,22,24). The molecule has 0 aliphatic heterocycles. The first-order valence-electron chi connectivity index (χ1n) is 7.37. The molecule has 2 aromatic carbocycles. The van der Waals surface area contributed by atoms with Crippen molar-refractivity contribution in [2.75, 3.05) is 5.32 Å². The molecular weight excluding hydrogens is 322 g/mol. The van der Waals surface area contributed by atoms with E-state index in [2.05, 4.69) is 10.3 Å². The van der Waals surface area contributed by atoms with Crippen molar-refractivity contribution < 1.29 is 4.79 Å². The van der Waals surface area contributed by atoms with Crippen molar-refractivity contribution in [3.05, 3.63) is 69.9 Å². The van der Waals surface area contributed by atoms with Crippen molar-refractivity contribution in [2.45, 2.75) is 13.8 Å². The summed E-state index contributed by atoms with van der Waals surface area (Å²) in [4.78, 5) is 16.9. The summed E-state index contributed by atoms with van der Waals surface area (Å²) in [5.41, 5.74) is 4.21. The van der Waals surface area contributed by atoms with Crippen molar-refractivity contribution in [2.24, 2.45) is 0 Å². The van der Waals surface area contributed by atoms with Crippen LogP contribution in [0.15, 0.2) is 42.5 Å². The zero-order valence-electron chi connectivity index (χ0n) is 13.2. The molecule has 1 aromatic heterocycles. The topological polar surface area (TPSA) is 65.8 Å². The van der Waals surface area contributed by atoms with Crippen molar-refractivity contribution in [3.63, 3.8) is 0 Å². The van der Waals surface area contributed by atoms with E-state index in [1.807, 2.05) is 32.0 Å². The molecule has 0 bridgehead atoms. The van der Waals surface area contributed by atoms with Crippen LogP contribution in [0.5, 0.6) is 0 Å². The maximum absolute atomic E-state index is 12.5. The number of pyridine rings is 1. The van der Waals surface area contributed by atoms with Crippen LogP contribution < -0.4 is 5.32 Å². The van der Waals surface area contributed by atoms with E-state index < -0.39 is 0 Å². The number of nitrogens with zero attached hydrogens (tertiary/aromatic N) is 2. The Morgan fingerprint density at radius 2 is 2.00 bits per heavy atom. The SMILES string of the molecule is Cc1cc(C)c2nc(Cl)c(C(=O)Nc3cccc(C#N)c3)cc2c1. The molecule has 0 aliphatic rings. The molecule has 0 fully saturated rings. The lowest BCUT2D eigenvalue weighted by molar-refractivity contribution is 0.102. The minimum atomic E-state index is -0.358. The molecule has 0 saturated heterocycles. The fraction of sp³-hybridized carbons (Fsp3) is 0.105. The first-order chi connectivity index (χ1) is 11.5. The van der Waals surface area contributed by atoms with Gasteiger partial charge in [0, 0.05) is 11.1 Å². The molecule has 0 radical (unpaired) electrons. The van der Waals surface area contributed by atoms with E-state index in [0.29, 0.717) is 16.8 Å². The van der Waals surface area contributed by atoms with Crippen LogP contribution in [0.25, 0.3) is 10.9 Å². The predicted molar refractivity (Wildman–Crippen MR) is 95.3 cm³/mol. The number of rotatable bonds is 2. The van der Waals surface area contributed by atoms with Gasteiger partial charge in [0.1, 0.15) is 5.15 Å². The molecular formula is C19H14ClN3O. The van der Waals surface area contributed by atoms with Crippen LogP contribution in [-0.4, -0.2) is 10.9 Å². The summed E-state index contributed by atoms with van der Waals surface area (Å²) in [6.07, 6.45) is 0. The second kappa shape index (κ2) is 6.31. The number of nitriles is 1. The second-order valence-electron chi connectivity index (χ2n) is 5.63. The van der Waals surface area contributed by atoms with Crippen LogP contribution in [0.4, 0.5) is 5.69 Å². The van der Waals surface area contributed by atoms with Gasteiger partial charge in [-0.1, -0.05) is 29.3 Å². The van der Waals surface area contributed by atoms with Crippen molar-refractivity contribution in [3.8, 4) is 6.07 Å². The monoisotopic (exact) mass is 335 g/mol. The minimum Gasteiger partial charge on any atom is -0.322 e. The lowest BCUT2D eigenvalue weighted by Crippen LogP contribution is -2.13. The number of hydrogen-bond acceptors (Lipinski definition) is 3.